The highest BCUT2D eigenvalue weighted by Gasteiger charge is 1.67. The molecule has 0 aromatic carbocycles. The minimum absolute atomic E-state index is 1.14. The minimum Gasteiger partial charge on any atom is -0.473 e. The third-order valence-corrected chi connectivity index (χ3v) is 1.05. The Kier molecular flexibility index (Phi) is 5.35. The maximum atomic E-state index is 8.86. The van der Waals surface area contributed by atoms with Crippen LogP contribution < -0.4 is 0 Å². The van der Waals surface area contributed by atoms with Crippen LogP contribution in [-0.4, -0.2) is 10.4 Å². The van der Waals surface area contributed by atoms with E-state index in [-0.39, 0.29) is 0 Å². The molecule has 0 bridgehead atoms. The number of carboxylic acid groups (broad SMARTS) is 1. The van der Waals surface area contributed by atoms with Crippen molar-refractivity contribution in [1.82, 2.24) is 0 Å². The fraction of sp³-hybridized carbons (Fsp3) is 0. The first-order valence-corrected chi connectivity index (χ1v) is 3.51. The van der Waals surface area contributed by atoms with Crippen molar-refractivity contribution < 1.29 is 9.90 Å². The van der Waals surface area contributed by atoms with Crippen LogP contribution in [0.3, 0.4) is 0 Å². The molecule has 9 heavy (non-hydrogen) atoms. The van der Waals surface area contributed by atoms with Gasteiger partial charge in [0.1, 0.15) is 0 Å². The number of carbonyl (C=O) groups is 1. The fourth-order valence-corrected chi connectivity index (χ4v) is 0.680. The van der Waals surface area contributed by atoms with Crippen LogP contribution in [0.25, 0.3) is 0 Å². The van der Waals surface area contributed by atoms with E-state index in [9.17, 15) is 0 Å². The summed E-state index contributed by atoms with van der Waals surface area (Å²) < 4.78 is 0. The predicted octanol–water partition coefficient (Wildman–Crippen LogP) is 2.34. The highest BCUT2D eigenvalue weighted by Crippen LogP contribution is 1.91. The monoisotopic (exact) mass is 162 g/mol. The lowest BCUT2D eigenvalue weighted by atomic mass is 10.7. The lowest BCUT2D eigenvalue weighted by Crippen LogP contribution is -1.67. The molecule has 1 aromatic rings. The number of hydrogen-bond donors (Lipinski definition) is 2. The quantitative estimate of drug-likeness (QED) is 0.574. The number of hydrogen-bond acceptors (Lipinski definition) is 2. The van der Waals surface area contributed by atoms with Gasteiger partial charge in [-0.3, -0.25) is 0 Å². The highest BCUT2D eigenvalue weighted by molar-refractivity contribution is 7.96. The first-order chi connectivity index (χ1) is 4.23. The normalized spacial score (nSPS) is 7.22. The van der Waals surface area contributed by atoms with Gasteiger partial charge in [-0.2, -0.15) is 11.3 Å². The van der Waals surface area contributed by atoms with Gasteiger partial charge in [0.25, 0.3) is 0 Å². The molecule has 2 nitrogen and oxygen atoms in total. The summed E-state index contributed by atoms with van der Waals surface area (Å²) in [6.45, 7) is 0. The third kappa shape index (κ3) is 11.2. The van der Waals surface area contributed by atoms with E-state index < -0.39 is 5.30 Å². The molecule has 1 rings (SSSR count). The predicted molar refractivity (Wildman–Crippen MR) is 41.3 cm³/mol. The van der Waals surface area contributed by atoms with Crippen molar-refractivity contribution in [2.75, 3.05) is 0 Å². The van der Waals surface area contributed by atoms with Gasteiger partial charge in [-0.25, -0.2) is 4.79 Å². The van der Waals surface area contributed by atoms with Gasteiger partial charge in [0.05, 0.1) is 0 Å². The number of thiol groups is 1. The smallest absolute Gasteiger partial charge is 0.361 e. The van der Waals surface area contributed by atoms with E-state index in [0.717, 1.165) is 0 Å². The van der Waals surface area contributed by atoms with Gasteiger partial charge >= 0.3 is 5.30 Å². The summed E-state index contributed by atoms with van der Waals surface area (Å²) in [5.41, 5.74) is 0. The second-order valence-electron chi connectivity index (χ2n) is 1.08. The van der Waals surface area contributed by atoms with E-state index in [1.54, 1.807) is 11.3 Å². The van der Waals surface area contributed by atoms with E-state index in [1.807, 2.05) is 22.9 Å². The maximum Gasteiger partial charge on any atom is 0.361 e. The molecule has 0 unspecified atom stereocenters. The fourth-order valence-electron chi connectivity index (χ4n) is 0.227. The lowest BCUT2D eigenvalue weighted by molar-refractivity contribution is 0.222. The van der Waals surface area contributed by atoms with Gasteiger partial charge in [-0.05, 0) is 10.8 Å². The summed E-state index contributed by atoms with van der Waals surface area (Å²) in [6, 6.07) is 4.04. The van der Waals surface area contributed by atoms with Crippen LogP contribution >= 0.6 is 24.0 Å². The van der Waals surface area contributed by atoms with E-state index >= 15 is 0 Å². The van der Waals surface area contributed by atoms with Crippen LogP contribution in [0, 0.1) is 0 Å². The molecule has 0 fully saturated rings. The molecule has 0 aliphatic rings. The van der Waals surface area contributed by atoms with Crippen LogP contribution in [0.5, 0.6) is 0 Å². The molecule has 0 spiro atoms. The molecule has 0 amide bonds. The number of thiophene rings is 1. The Morgan fingerprint density at radius 1 is 1.44 bits per heavy atom. The van der Waals surface area contributed by atoms with Crippen LogP contribution in [0.15, 0.2) is 22.9 Å². The lowest BCUT2D eigenvalue weighted by Gasteiger charge is -1.58. The summed E-state index contributed by atoms with van der Waals surface area (Å²) >= 11 is 4.60. The summed E-state index contributed by atoms with van der Waals surface area (Å²) in [5, 5.41) is 10.2. The van der Waals surface area contributed by atoms with Crippen molar-refractivity contribution in [3.05, 3.63) is 22.9 Å². The van der Waals surface area contributed by atoms with Crippen LogP contribution in [0.4, 0.5) is 4.79 Å². The van der Waals surface area contributed by atoms with E-state index in [1.165, 1.54) is 0 Å². The van der Waals surface area contributed by atoms with Gasteiger partial charge in [-0.1, -0.05) is 24.8 Å². The molecule has 50 valence electrons. The topological polar surface area (TPSA) is 37.3 Å². The average Bonchev–Trinajstić information content (AvgIpc) is 2.11. The van der Waals surface area contributed by atoms with Crippen molar-refractivity contribution >= 4 is 29.3 Å². The summed E-state index contributed by atoms with van der Waals surface area (Å²) in [7, 11) is 0. The molecule has 0 aliphatic heterocycles. The number of rotatable bonds is 0. The Labute approximate surface area is 62.6 Å². The molecule has 4 heteroatoms. The van der Waals surface area contributed by atoms with Crippen LogP contribution in [0.1, 0.15) is 0 Å². The highest BCUT2D eigenvalue weighted by atomic mass is 32.1. The summed E-state index contributed by atoms with van der Waals surface area (Å²) in [4.78, 5) is 8.86. The van der Waals surface area contributed by atoms with Crippen molar-refractivity contribution in [3.8, 4) is 0 Å². The molecule has 0 aliphatic carbocycles. The first-order valence-electron chi connectivity index (χ1n) is 2.12. The zero-order valence-corrected chi connectivity index (χ0v) is 6.23. The largest absolute Gasteiger partial charge is 0.473 e. The van der Waals surface area contributed by atoms with E-state index in [0.29, 0.717) is 0 Å². The first kappa shape index (κ1) is 8.52. The van der Waals surface area contributed by atoms with Crippen LogP contribution in [-0.2, 0) is 0 Å². The second-order valence-corrected chi connectivity index (χ2v) is 2.27. The third-order valence-electron chi connectivity index (χ3n) is 0.425. The van der Waals surface area contributed by atoms with Gasteiger partial charge < -0.3 is 5.11 Å². The van der Waals surface area contributed by atoms with E-state index in [2.05, 4.69) is 12.6 Å². The molecular weight excluding hydrogens is 156 g/mol. The summed E-state index contributed by atoms with van der Waals surface area (Å²) in [6.07, 6.45) is 0. The SMILES string of the molecule is O=C(O)S.c1ccsc1. The Bertz CT molecular complexity index is 127. The zero-order chi connectivity index (χ0) is 7.11. The van der Waals surface area contributed by atoms with Gasteiger partial charge in [0.2, 0.25) is 0 Å². The second kappa shape index (κ2) is 5.65. The average molecular weight is 162 g/mol. The molecular formula is C5H6O2S2. The van der Waals surface area contributed by atoms with Crippen LogP contribution in [0.2, 0.25) is 0 Å². The van der Waals surface area contributed by atoms with Gasteiger partial charge in [0.15, 0.2) is 0 Å². The maximum absolute atomic E-state index is 8.86. The van der Waals surface area contributed by atoms with Crippen molar-refractivity contribution in [3.63, 3.8) is 0 Å². The zero-order valence-electron chi connectivity index (χ0n) is 4.52. The van der Waals surface area contributed by atoms with Gasteiger partial charge in [0, 0.05) is 0 Å². The molecule has 1 heterocycles. The molecule has 0 atom stereocenters. The van der Waals surface area contributed by atoms with Gasteiger partial charge in [-0.15, -0.1) is 0 Å². The molecule has 0 saturated heterocycles. The van der Waals surface area contributed by atoms with Crippen molar-refractivity contribution in [2.24, 2.45) is 0 Å². The van der Waals surface area contributed by atoms with E-state index in [4.69, 9.17) is 9.90 Å². The molecule has 1 N–H and O–H groups in total. The molecule has 0 saturated carbocycles. The molecule has 1 aromatic heterocycles. The standard InChI is InChI=1S/C4H4S.CH2O2S/c1-2-4-5-3-1;2-1(3)4/h1-4H;4H,(H,2,3). The minimum atomic E-state index is -1.14. The Morgan fingerprint density at radius 3 is 1.89 bits per heavy atom. The van der Waals surface area contributed by atoms with Crippen molar-refractivity contribution in [2.45, 2.75) is 0 Å². The molecule has 0 radical (unpaired) electrons. The Morgan fingerprint density at radius 2 is 1.78 bits per heavy atom. The Hall–Kier alpha value is -0.480. The van der Waals surface area contributed by atoms with Crippen molar-refractivity contribution in [1.29, 1.82) is 0 Å². The summed E-state index contributed by atoms with van der Waals surface area (Å²) in [5.74, 6) is 0. The Balaban J connectivity index is 0.000000148.